The predicted octanol–water partition coefficient (Wildman–Crippen LogP) is 2.35. The SMILES string of the molecule is COc1ccc(NC(=O)c2ccnc(C(=O)O)c2)cc1C. The minimum Gasteiger partial charge on any atom is -0.496 e. The summed E-state index contributed by atoms with van der Waals surface area (Å²) >= 11 is 0. The molecule has 2 rings (SSSR count). The number of amides is 1. The number of hydrogen-bond donors (Lipinski definition) is 2. The monoisotopic (exact) mass is 286 g/mol. The van der Waals surface area contributed by atoms with Crippen molar-refractivity contribution in [2.24, 2.45) is 0 Å². The van der Waals surface area contributed by atoms with Gasteiger partial charge >= 0.3 is 5.97 Å². The number of pyridine rings is 1. The highest BCUT2D eigenvalue weighted by molar-refractivity contribution is 6.05. The Hall–Kier alpha value is -2.89. The summed E-state index contributed by atoms with van der Waals surface area (Å²) in [4.78, 5) is 26.6. The lowest BCUT2D eigenvalue weighted by Gasteiger charge is -2.09. The van der Waals surface area contributed by atoms with Gasteiger partial charge in [-0.05, 0) is 42.8 Å². The highest BCUT2D eigenvalue weighted by Crippen LogP contribution is 2.21. The standard InChI is InChI=1S/C15H14N2O4/c1-9-7-11(3-4-13(9)21-2)17-14(18)10-5-6-16-12(8-10)15(19)20/h3-8H,1-2H3,(H,17,18)(H,19,20). The predicted molar refractivity (Wildman–Crippen MR) is 76.9 cm³/mol. The van der Waals surface area contributed by atoms with E-state index in [9.17, 15) is 9.59 Å². The van der Waals surface area contributed by atoms with Crippen molar-refractivity contribution >= 4 is 17.6 Å². The lowest BCUT2D eigenvalue weighted by atomic mass is 10.1. The van der Waals surface area contributed by atoms with Gasteiger partial charge in [0.05, 0.1) is 7.11 Å². The second kappa shape index (κ2) is 6.04. The molecule has 0 saturated carbocycles. The number of carboxylic acid groups (broad SMARTS) is 1. The topological polar surface area (TPSA) is 88.5 Å². The molecule has 0 saturated heterocycles. The Labute approximate surface area is 121 Å². The van der Waals surface area contributed by atoms with Crippen LogP contribution in [0.1, 0.15) is 26.4 Å². The van der Waals surface area contributed by atoms with E-state index in [1.165, 1.54) is 18.3 Å². The molecule has 0 radical (unpaired) electrons. The number of aromatic carboxylic acids is 1. The van der Waals surface area contributed by atoms with Crippen molar-refractivity contribution in [3.05, 3.63) is 53.3 Å². The molecule has 0 aliphatic rings. The molecule has 108 valence electrons. The summed E-state index contributed by atoms with van der Waals surface area (Å²) in [6.07, 6.45) is 1.29. The molecular formula is C15H14N2O4. The Morgan fingerprint density at radius 3 is 2.62 bits per heavy atom. The third-order valence-corrected chi connectivity index (χ3v) is 2.89. The van der Waals surface area contributed by atoms with Crippen LogP contribution < -0.4 is 10.1 Å². The zero-order chi connectivity index (χ0) is 15.4. The summed E-state index contributed by atoms with van der Waals surface area (Å²) in [5, 5.41) is 11.6. The van der Waals surface area contributed by atoms with Gasteiger partial charge in [-0.15, -0.1) is 0 Å². The third kappa shape index (κ3) is 3.36. The maximum absolute atomic E-state index is 12.1. The minimum absolute atomic E-state index is 0.173. The van der Waals surface area contributed by atoms with Crippen LogP contribution >= 0.6 is 0 Å². The molecule has 0 unspecified atom stereocenters. The van der Waals surface area contributed by atoms with Gasteiger partial charge in [-0.25, -0.2) is 9.78 Å². The fourth-order valence-corrected chi connectivity index (χ4v) is 1.85. The fourth-order valence-electron chi connectivity index (χ4n) is 1.85. The van der Waals surface area contributed by atoms with Gasteiger partial charge in [0.2, 0.25) is 0 Å². The third-order valence-electron chi connectivity index (χ3n) is 2.89. The van der Waals surface area contributed by atoms with Crippen molar-refractivity contribution in [1.29, 1.82) is 0 Å². The van der Waals surface area contributed by atoms with Crippen molar-refractivity contribution in [3.63, 3.8) is 0 Å². The van der Waals surface area contributed by atoms with E-state index in [4.69, 9.17) is 9.84 Å². The molecule has 21 heavy (non-hydrogen) atoms. The molecule has 6 heteroatoms. The average Bonchev–Trinajstić information content (AvgIpc) is 2.47. The minimum atomic E-state index is -1.18. The zero-order valence-corrected chi connectivity index (χ0v) is 11.6. The first kappa shape index (κ1) is 14.5. The van der Waals surface area contributed by atoms with E-state index in [2.05, 4.69) is 10.3 Å². The van der Waals surface area contributed by atoms with Gasteiger partial charge in [0, 0.05) is 17.4 Å². The molecule has 0 spiro atoms. The van der Waals surface area contributed by atoms with Crippen LogP contribution in [0, 0.1) is 6.92 Å². The van der Waals surface area contributed by atoms with Crippen LogP contribution in [0.25, 0.3) is 0 Å². The lowest BCUT2D eigenvalue weighted by Crippen LogP contribution is -2.13. The van der Waals surface area contributed by atoms with E-state index in [0.717, 1.165) is 11.3 Å². The van der Waals surface area contributed by atoms with Gasteiger partial charge in [-0.3, -0.25) is 4.79 Å². The van der Waals surface area contributed by atoms with Crippen molar-refractivity contribution < 1.29 is 19.4 Å². The maximum Gasteiger partial charge on any atom is 0.354 e. The van der Waals surface area contributed by atoms with Crippen molar-refractivity contribution in [2.75, 3.05) is 12.4 Å². The highest BCUT2D eigenvalue weighted by atomic mass is 16.5. The largest absolute Gasteiger partial charge is 0.496 e. The molecule has 1 amide bonds. The summed E-state index contributed by atoms with van der Waals surface area (Å²) in [6.45, 7) is 1.86. The normalized spacial score (nSPS) is 10.0. The van der Waals surface area contributed by atoms with Gasteiger partial charge in [0.25, 0.3) is 5.91 Å². The fraction of sp³-hybridized carbons (Fsp3) is 0.133. The quantitative estimate of drug-likeness (QED) is 0.900. The smallest absolute Gasteiger partial charge is 0.354 e. The van der Waals surface area contributed by atoms with Gasteiger partial charge in [-0.1, -0.05) is 0 Å². The van der Waals surface area contributed by atoms with Crippen molar-refractivity contribution in [1.82, 2.24) is 4.98 Å². The summed E-state index contributed by atoms with van der Waals surface area (Å²) < 4.78 is 5.15. The second-order valence-corrected chi connectivity index (χ2v) is 4.37. The molecule has 1 heterocycles. The number of rotatable bonds is 4. The molecule has 2 aromatic rings. The molecule has 1 aromatic carbocycles. The number of ether oxygens (including phenoxy) is 1. The number of anilines is 1. The molecule has 6 nitrogen and oxygen atoms in total. The van der Waals surface area contributed by atoms with E-state index in [0.29, 0.717) is 5.69 Å². The molecule has 1 aromatic heterocycles. The highest BCUT2D eigenvalue weighted by Gasteiger charge is 2.11. The van der Waals surface area contributed by atoms with Gasteiger partial charge in [-0.2, -0.15) is 0 Å². The van der Waals surface area contributed by atoms with Gasteiger partial charge in [0.15, 0.2) is 0 Å². The number of carbonyl (C=O) groups is 2. The first-order valence-electron chi connectivity index (χ1n) is 6.16. The molecular weight excluding hydrogens is 272 g/mol. The zero-order valence-electron chi connectivity index (χ0n) is 11.6. The second-order valence-electron chi connectivity index (χ2n) is 4.37. The molecule has 0 bridgehead atoms. The summed E-state index contributed by atoms with van der Waals surface area (Å²) in [7, 11) is 1.57. The summed E-state index contributed by atoms with van der Waals surface area (Å²) in [5.41, 5.74) is 1.55. The van der Waals surface area contributed by atoms with Gasteiger partial charge in [0.1, 0.15) is 11.4 Å². The molecule has 0 aliphatic heterocycles. The maximum atomic E-state index is 12.1. The van der Waals surface area contributed by atoms with E-state index in [-0.39, 0.29) is 11.3 Å². The van der Waals surface area contributed by atoms with Crippen LogP contribution in [0.4, 0.5) is 5.69 Å². The molecule has 0 aliphatic carbocycles. The average molecular weight is 286 g/mol. The number of nitrogens with zero attached hydrogens (tertiary/aromatic N) is 1. The Morgan fingerprint density at radius 1 is 1.24 bits per heavy atom. The van der Waals surface area contributed by atoms with Crippen LogP contribution in [0.15, 0.2) is 36.5 Å². The number of hydrogen-bond acceptors (Lipinski definition) is 4. The van der Waals surface area contributed by atoms with E-state index < -0.39 is 11.9 Å². The van der Waals surface area contributed by atoms with Crippen LogP contribution in [-0.4, -0.2) is 29.1 Å². The van der Waals surface area contributed by atoms with Crippen molar-refractivity contribution in [2.45, 2.75) is 6.92 Å². The number of carboxylic acids is 1. The first-order valence-corrected chi connectivity index (χ1v) is 6.16. The Balaban J connectivity index is 2.20. The number of benzene rings is 1. The number of nitrogens with one attached hydrogen (secondary N) is 1. The molecule has 0 fully saturated rings. The van der Waals surface area contributed by atoms with Crippen LogP contribution in [-0.2, 0) is 0 Å². The summed E-state index contributed by atoms with van der Waals surface area (Å²) in [6, 6.07) is 7.92. The van der Waals surface area contributed by atoms with Crippen LogP contribution in [0.2, 0.25) is 0 Å². The van der Waals surface area contributed by atoms with Gasteiger partial charge < -0.3 is 15.2 Å². The lowest BCUT2D eigenvalue weighted by molar-refractivity contribution is 0.0690. The number of carbonyl (C=O) groups excluding carboxylic acids is 1. The summed E-state index contributed by atoms with van der Waals surface area (Å²) in [5.74, 6) is -0.848. The Kier molecular flexibility index (Phi) is 4.18. The van der Waals surface area contributed by atoms with E-state index >= 15 is 0 Å². The number of aromatic nitrogens is 1. The first-order chi connectivity index (χ1) is 10.0. The van der Waals surface area contributed by atoms with E-state index in [1.54, 1.807) is 25.3 Å². The Morgan fingerprint density at radius 2 is 2.00 bits per heavy atom. The van der Waals surface area contributed by atoms with E-state index in [1.807, 2.05) is 6.92 Å². The molecule has 0 atom stereocenters. The number of aryl methyl sites for hydroxylation is 1. The van der Waals surface area contributed by atoms with Crippen molar-refractivity contribution in [3.8, 4) is 5.75 Å². The molecule has 2 N–H and O–H groups in total. The van der Waals surface area contributed by atoms with Crippen LogP contribution in [0.3, 0.4) is 0 Å². The van der Waals surface area contributed by atoms with Crippen LogP contribution in [0.5, 0.6) is 5.75 Å². The number of methoxy groups -OCH3 is 1. The Bertz CT molecular complexity index is 698.